The van der Waals surface area contributed by atoms with Gasteiger partial charge in [0.2, 0.25) is 12.6 Å². The number of rotatable bonds is 16. The molecule has 4 aliphatic heterocycles. The molecule has 2 aliphatic carbocycles. The van der Waals surface area contributed by atoms with Crippen LogP contribution in [0.4, 0.5) is 0 Å². The number of nitriles is 1. The Morgan fingerprint density at radius 3 is 2.38 bits per heavy atom. The van der Waals surface area contributed by atoms with Gasteiger partial charge in [-0.25, -0.2) is 4.79 Å². The fraction of sp³-hybridized carbons (Fsp3) is 0.440. The molecule has 13 nitrogen and oxygen atoms in total. The summed E-state index contributed by atoms with van der Waals surface area (Å²) in [6.07, 6.45) is 2.51. The van der Waals surface area contributed by atoms with Crippen LogP contribution in [0.15, 0.2) is 101 Å². The molecule has 0 saturated carbocycles. The molecule has 3 unspecified atom stereocenters. The van der Waals surface area contributed by atoms with E-state index in [1.54, 1.807) is 25.7 Å². The van der Waals surface area contributed by atoms with E-state index in [1.807, 2.05) is 13.8 Å². The molecule has 2 bridgehead atoms. The van der Waals surface area contributed by atoms with Gasteiger partial charge in [-0.2, -0.15) is 5.26 Å². The van der Waals surface area contributed by atoms with Crippen LogP contribution in [-0.2, 0) is 44.4 Å². The van der Waals surface area contributed by atoms with Crippen molar-refractivity contribution in [3.05, 3.63) is 129 Å². The quantitative estimate of drug-likeness (QED) is 0.0462. The zero-order valence-electron chi connectivity index (χ0n) is 37.2. The summed E-state index contributed by atoms with van der Waals surface area (Å²) in [5.41, 5.74) is 9.80. The predicted octanol–water partition coefficient (Wildman–Crippen LogP) is 7.52. The van der Waals surface area contributed by atoms with Gasteiger partial charge in [0, 0.05) is 66.0 Å². The Kier molecular flexibility index (Phi) is 12.8. The lowest BCUT2D eigenvalue weighted by Gasteiger charge is -2.61. The van der Waals surface area contributed by atoms with Gasteiger partial charge >= 0.3 is 5.97 Å². The minimum atomic E-state index is -0.643. The molecule has 0 amide bonds. The number of hydrogen-bond acceptors (Lipinski definition) is 14. The lowest BCUT2D eigenvalue weighted by Crippen LogP contribution is -2.71. The lowest BCUT2D eigenvalue weighted by atomic mass is 9.66. The highest BCUT2D eigenvalue weighted by Crippen LogP contribution is 2.57. The molecule has 336 valence electrons. The maximum absolute atomic E-state index is 14.4. The van der Waals surface area contributed by atoms with E-state index in [0.717, 1.165) is 27.8 Å². The summed E-state index contributed by atoms with van der Waals surface area (Å²) in [5.74, 6) is 2.46. The van der Waals surface area contributed by atoms with Crippen molar-refractivity contribution in [1.82, 2.24) is 9.80 Å². The SMILES string of the molecule is C=CCOC1C(C)=C2OCOC2=C2C1CC1[C@H]3c4c(cc(C)c(OC)c4OCOC)C[C@@H]([C@H](C#N)N1[C@H]2COC(=O)/C(=C/SCC1c2ccccc2-c2ccccc21)OCOC)N3C. The molecule has 0 N–H and O–H groups in total. The highest BCUT2D eigenvalue weighted by molar-refractivity contribution is 8.02. The number of ether oxygens (including phenoxy) is 9. The second-order valence-corrected chi connectivity index (χ2v) is 17.8. The van der Waals surface area contributed by atoms with Crippen molar-refractivity contribution in [1.29, 1.82) is 5.26 Å². The van der Waals surface area contributed by atoms with Crippen LogP contribution in [0.3, 0.4) is 0 Å². The van der Waals surface area contributed by atoms with Crippen molar-refractivity contribution in [3.8, 4) is 28.7 Å². The molecular weight excluding hydrogens is 835 g/mol. The summed E-state index contributed by atoms with van der Waals surface area (Å²) in [4.78, 5) is 19.0. The van der Waals surface area contributed by atoms with Gasteiger partial charge in [0.25, 0.3) is 0 Å². The number of hydrogen-bond donors (Lipinski definition) is 0. The van der Waals surface area contributed by atoms with Crippen molar-refractivity contribution in [2.45, 2.75) is 68.9 Å². The topological polar surface area (TPSA) is 130 Å². The molecule has 64 heavy (non-hydrogen) atoms. The normalized spacial score (nSPS) is 25.7. The number of carbonyl (C=O) groups is 1. The molecule has 6 aliphatic rings. The van der Waals surface area contributed by atoms with Gasteiger partial charge in [-0.1, -0.05) is 60.7 Å². The largest absolute Gasteiger partial charge is 0.493 e. The molecular formula is C50H55N3O10S. The van der Waals surface area contributed by atoms with Gasteiger partial charge in [-0.3, -0.25) is 9.80 Å². The maximum Gasteiger partial charge on any atom is 0.374 e. The first-order chi connectivity index (χ1) is 31.3. The smallest absolute Gasteiger partial charge is 0.374 e. The van der Waals surface area contributed by atoms with Crippen LogP contribution in [0.5, 0.6) is 11.5 Å². The summed E-state index contributed by atoms with van der Waals surface area (Å²) in [5, 5.41) is 13.0. The van der Waals surface area contributed by atoms with E-state index < -0.39 is 24.2 Å². The minimum absolute atomic E-state index is 0.0286. The van der Waals surface area contributed by atoms with Crippen molar-refractivity contribution < 1.29 is 47.4 Å². The average molecular weight is 890 g/mol. The zero-order chi connectivity index (χ0) is 44.6. The highest BCUT2D eigenvalue weighted by atomic mass is 32.2. The van der Waals surface area contributed by atoms with Crippen LogP contribution >= 0.6 is 11.8 Å². The standard InChI is InChI=1S/C50H55N3O10S/c1-8-17-58-46-29(3)47-49(63-27-62-47)43-35(46)20-38-44-42-30(18-28(2)45(57-7)48(42)61-26-56-6)19-37(52(44)4)39(21-51)53(38)40(43)22-59-50(54)41(60-25-55-5)24-64-23-36-33-15-11-9-13-31(33)32-14-10-12-16-34(32)36/h8-16,18,24,35-40,44,46H,1,17,19-20,22-23,25-27H2,2-7H3/b41-24-/t35?,37-,38?,39-,40-,44-,46?/m0/s1. The monoisotopic (exact) mass is 889 g/mol. The van der Waals surface area contributed by atoms with Crippen LogP contribution < -0.4 is 9.47 Å². The molecule has 3 aromatic rings. The summed E-state index contributed by atoms with van der Waals surface area (Å²) in [6, 6.07) is 19.9. The van der Waals surface area contributed by atoms with Crippen molar-refractivity contribution >= 4 is 17.7 Å². The first kappa shape index (κ1) is 44.0. The molecule has 3 fully saturated rings. The first-order valence-corrected chi connectivity index (χ1v) is 22.7. The van der Waals surface area contributed by atoms with Gasteiger partial charge in [0.1, 0.15) is 12.6 Å². The van der Waals surface area contributed by atoms with Crippen molar-refractivity contribution in [3.63, 3.8) is 0 Å². The van der Waals surface area contributed by atoms with E-state index in [9.17, 15) is 10.1 Å². The van der Waals surface area contributed by atoms with Crippen LogP contribution in [0.2, 0.25) is 0 Å². The maximum atomic E-state index is 14.4. The van der Waals surface area contributed by atoms with Crippen LogP contribution in [0.1, 0.15) is 53.1 Å². The number of esters is 1. The number of likely N-dealkylation sites (N-methyl/N-ethyl adjacent to an activating group) is 1. The third-order valence-electron chi connectivity index (χ3n) is 13.7. The Balaban J connectivity index is 1.09. The van der Waals surface area contributed by atoms with Gasteiger partial charge in [-0.05, 0) is 67.1 Å². The summed E-state index contributed by atoms with van der Waals surface area (Å²) < 4.78 is 54.5. The van der Waals surface area contributed by atoms with Gasteiger partial charge in [0.05, 0.1) is 38.0 Å². The summed E-state index contributed by atoms with van der Waals surface area (Å²) in [7, 11) is 6.84. The van der Waals surface area contributed by atoms with Crippen molar-refractivity contribution in [2.24, 2.45) is 5.92 Å². The second-order valence-electron chi connectivity index (χ2n) is 16.9. The Labute approximate surface area is 379 Å². The van der Waals surface area contributed by atoms with E-state index in [2.05, 4.69) is 84.1 Å². The summed E-state index contributed by atoms with van der Waals surface area (Å²) in [6.45, 7) is 8.10. The molecule has 9 rings (SSSR count). The Hall–Kier alpha value is -5.27. The average Bonchev–Trinajstić information content (AvgIpc) is 3.92. The number of benzene rings is 3. The molecule has 4 heterocycles. The number of thioether (sulfide) groups is 1. The number of piperidine rings is 1. The third kappa shape index (κ3) is 7.46. The second kappa shape index (κ2) is 18.7. The molecule has 7 atom stereocenters. The zero-order valence-corrected chi connectivity index (χ0v) is 38.0. The van der Waals surface area contributed by atoms with Gasteiger partial charge < -0.3 is 42.6 Å². The third-order valence-corrected chi connectivity index (χ3v) is 14.6. The molecule has 14 heteroatoms. The fourth-order valence-corrected chi connectivity index (χ4v) is 12.2. The van der Waals surface area contributed by atoms with E-state index in [-0.39, 0.29) is 62.7 Å². The van der Waals surface area contributed by atoms with Gasteiger partial charge in [0.15, 0.2) is 36.6 Å². The summed E-state index contributed by atoms with van der Waals surface area (Å²) >= 11 is 1.49. The number of piperazine rings is 1. The number of fused-ring (bicyclic) bond motifs is 11. The Morgan fingerprint density at radius 1 is 0.969 bits per heavy atom. The van der Waals surface area contributed by atoms with E-state index in [0.29, 0.717) is 48.2 Å². The molecule has 0 aromatic heterocycles. The predicted molar refractivity (Wildman–Crippen MR) is 240 cm³/mol. The molecule has 3 aromatic carbocycles. The number of carbonyl (C=O) groups excluding carboxylic acids is 1. The van der Waals surface area contributed by atoms with Crippen LogP contribution in [0, 0.1) is 24.2 Å². The van der Waals surface area contributed by atoms with Gasteiger partial charge in [-0.15, -0.1) is 18.3 Å². The Morgan fingerprint density at radius 2 is 1.69 bits per heavy atom. The van der Waals surface area contributed by atoms with Crippen molar-refractivity contribution in [2.75, 3.05) is 67.7 Å². The molecule has 0 radical (unpaired) electrons. The lowest BCUT2D eigenvalue weighted by molar-refractivity contribution is -0.151. The number of methoxy groups -OCH3 is 3. The molecule has 3 saturated heterocycles. The van der Waals surface area contributed by atoms with Crippen LogP contribution in [-0.4, -0.2) is 114 Å². The number of aryl methyl sites for hydroxylation is 1. The Bertz CT molecular complexity index is 2400. The highest BCUT2D eigenvalue weighted by Gasteiger charge is 2.60. The minimum Gasteiger partial charge on any atom is -0.493 e. The van der Waals surface area contributed by atoms with E-state index in [1.165, 1.54) is 41.1 Å². The number of nitrogens with zero attached hydrogens (tertiary/aromatic N) is 3. The van der Waals surface area contributed by atoms with E-state index in [4.69, 9.17) is 42.6 Å². The van der Waals surface area contributed by atoms with E-state index >= 15 is 0 Å². The molecule has 0 spiro atoms. The first-order valence-electron chi connectivity index (χ1n) is 21.7. The van der Waals surface area contributed by atoms with Crippen LogP contribution in [0.25, 0.3) is 11.1 Å². The fourth-order valence-electron chi connectivity index (χ4n) is 11.2.